The summed E-state index contributed by atoms with van der Waals surface area (Å²) in [5.41, 5.74) is 1.24. The lowest BCUT2D eigenvalue weighted by Crippen LogP contribution is -2.38. The van der Waals surface area contributed by atoms with Crippen LogP contribution in [0.25, 0.3) is 0 Å². The monoisotopic (exact) mass is 345 g/mol. The summed E-state index contributed by atoms with van der Waals surface area (Å²) in [6.45, 7) is 4.13. The highest BCUT2D eigenvalue weighted by atomic mass is 19.1. The maximum atomic E-state index is 13.8. The molecule has 6 heteroatoms. The van der Waals surface area contributed by atoms with Crippen LogP contribution in [0, 0.1) is 18.7 Å². The smallest absolute Gasteiger partial charge is 0.311 e. The second-order valence-electron chi connectivity index (χ2n) is 6.89. The van der Waals surface area contributed by atoms with E-state index in [1.54, 1.807) is 13.0 Å². The van der Waals surface area contributed by atoms with Crippen LogP contribution in [0.3, 0.4) is 0 Å². The number of piperidine rings is 1. The lowest BCUT2D eigenvalue weighted by Gasteiger charge is -2.32. The fourth-order valence-electron chi connectivity index (χ4n) is 3.63. The fraction of sp³-hybridized carbons (Fsp3) is 0.474. The Morgan fingerprint density at radius 3 is 2.80 bits per heavy atom. The van der Waals surface area contributed by atoms with E-state index < -0.39 is 5.69 Å². The molecule has 134 valence electrons. The van der Waals surface area contributed by atoms with Crippen LogP contribution in [0.2, 0.25) is 0 Å². The predicted octanol–water partition coefficient (Wildman–Crippen LogP) is 2.36. The van der Waals surface area contributed by atoms with Crippen LogP contribution in [0.1, 0.15) is 36.1 Å². The number of halogens is 1. The van der Waals surface area contributed by atoms with Gasteiger partial charge in [0.25, 0.3) is 5.56 Å². The van der Waals surface area contributed by atoms with E-state index in [2.05, 4.69) is 14.9 Å². The van der Waals surface area contributed by atoms with Crippen molar-refractivity contribution in [3.63, 3.8) is 0 Å². The van der Waals surface area contributed by atoms with Gasteiger partial charge in [-0.1, -0.05) is 18.2 Å². The molecule has 1 aromatic heterocycles. The van der Waals surface area contributed by atoms with Gasteiger partial charge in [0.2, 0.25) is 0 Å². The minimum atomic E-state index is -0.465. The number of nitrogens with one attached hydrogen (secondary N) is 2. The van der Waals surface area contributed by atoms with E-state index in [0.29, 0.717) is 23.7 Å². The van der Waals surface area contributed by atoms with Gasteiger partial charge in [-0.2, -0.15) is 0 Å². The van der Waals surface area contributed by atoms with Crippen molar-refractivity contribution in [3.8, 4) is 0 Å². The van der Waals surface area contributed by atoms with Crippen molar-refractivity contribution >= 4 is 0 Å². The predicted molar refractivity (Wildman–Crippen MR) is 95.1 cm³/mol. The molecule has 1 fully saturated rings. The first kappa shape index (κ1) is 17.6. The Labute approximate surface area is 145 Å². The Balaban J connectivity index is 1.61. The maximum absolute atomic E-state index is 13.8. The zero-order valence-electron chi connectivity index (χ0n) is 14.5. The van der Waals surface area contributed by atoms with E-state index in [1.165, 1.54) is 6.07 Å². The largest absolute Gasteiger partial charge is 0.325 e. The van der Waals surface area contributed by atoms with Crippen LogP contribution in [-0.2, 0) is 13.0 Å². The molecule has 0 aliphatic carbocycles. The fourth-order valence-corrected chi connectivity index (χ4v) is 3.63. The molecule has 1 aliphatic rings. The molecule has 25 heavy (non-hydrogen) atoms. The van der Waals surface area contributed by atoms with Crippen molar-refractivity contribution in [2.75, 3.05) is 13.1 Å². The maximum Gasteiger partial charge on any atom is 0.325 e. The normalized spacial score (nSPS) is 18.4. The molecule has 0 saturated carbocycles. The molecular weight excluding hydrogens is 321 g/mol. The van der Waals surface area contributed by atoms with Crippen LogP contribution >= 0.6 is 0 Å². The lowest BCUT2D eigenvalue weighted by atomic mass is 9.91. The first-order chi connectivity index (χ1) is 12.0. The number of aryl methyl sites for hydroxylation is 2. The minimum absolute atomic E-state index is 0.134. The van der Waals surface area contributed by atoms with Crippen LogP contribution in [0.4, 0.5) is 4.39 Å². The van der Waals surface area contributed by atoms with Gasteiger partial charge in [-0.3, -0.25) is 14.7 Å². The summed E-state index contributed by atoms with van der Waals surface area (Å²) in [7, 11) is 0. The van der Waals surface area contributed by atoms with Gasteiger partial charge in [0.15, 0.2) is 0 Å². The highest BCUT2D eigenvalue weighted by Crippen LogP contribution is 2.23. The number of rotatable bonds is 5. The summed E-state index contributed by atoms with van der Waals surface area (Å²) >= 11 is 0. The van der Waals surface area contributed by atoms with Crippen molar-refractivity contribution in [1.82, 2.24) is 14.9 Å². The molecule has 2 heterocycles. The molecule has 0 spiro atoms. The average molecular weight is 345 g/mol. The summed E-state index contributed by atoms with van der Waals surface area (Å²) in [5.74, 6) is 0.362. The number of nitrogens with zero attached hydrogens (tertiary/aromatic N) is 1. The molecular formula is C19H24FN3O2. The molecule has 3 rings (SSSR count). The summed E-state index contributed by atoms with van der Waals surface area (Å²) in [6, 6.07) is 6.94. The Morgan fingerprint density at radius 2 is 2.04 bits per heavy atom. The third-order valence-corrected chi connectivity index (χ3v) is 5.02. The number of aromatic nitrogens is 2. The number of benzene rings is 1. The van der Waals surface area contributed by atoms with Crippen LogP contribution in [-0.4, -0.2) is 28.0 Å². The minimum Gasteiger partial charge on any atom is -0.311 e. The third kappa shape index (κ3) is 4.45. The summed E-state index contributed by atoms with van der Waals surface area (Å²) < 4.78 is 13.8. The highest BCUT2D eigenvalue weighted by molar-refractivity contribution is 5.17. The molecule has 1 saturated heterocycles. The third-order valence-electron chi connectivity index (χ3n) is 5.02. The molecule has 2 aromatic rings. The average Bonchev–Trinajstić information content (AvgIpc) is 2.58. The number of H-pyrrole nitrogens is 2. The van der Waals surface area contributed by atoms with Gasteiger partial charge in [0.05, 0.1) is 5.56 Å². The molecule has 0 radical (unpaired) electrons. The van der Waals surface area contributed by atoms with E-state index >= 15 is 0 Å². The number of likely N-dealkylation sites (tertiary alicyclic amines) is 1. The quantitative estimate of drug-likeness (QED) is 0.874. The van der Waals surface area contributed by atoms with Crippen molar-refractivity contribution in [2.24, 2.45) is 5.92 Å². The summed E-state index contributed by atoms with van der Waals surface area (Å²) in [6.07, 6.45) is 3.88. The molecule has 1 unspecified atom stereocenters. The first-order valence-corrected chi connectivity index (χ1v) is 8.81. The molecule has 5 nitrogen and oxygen atoms in total. The van der Waals surface area contributed by atoms with Gasteiger partial charge in [-0.05, 0) is 56.7 Å². The van der Waals surface area contributed by atoms with Gasteiger partial charge in [0, 0.05) is 18.8 Å². The van der Waals surface area contributed by atoms with E-state index in [9.17, 15) is 14.0 Å². The molecule has 0 bridgehead atoms. The first-order valence-electron chi connectivity index (χ1n) is 8.81. The lowest BCUT2D eigenvalue weighted by molar-refractivity contribution is 0.160. The summed E-state index contributed by atoms with van der Waals surface area (Å²) in [5, 5.41) is 0. The van der Waals surface area contributed by atoms with Gasteiger partial charge in [-0.15, -0.1) is 0 Å². The Morgan fingerprint density at radius 1 is 1.24 bits per heavy atom. The van der Waals surface area contributed by atoms with E-state index in [4.69, 9.17) is 0 Å². The second-order valence-corrected chi connectivity index (χ2v) is 6.89. The Bertz CT molecular complexity index is 843. The molecule has 1 aliphatic heterocycles. The van der Waals surface area contributed by atoms with Crippen LogP contribution in [0.15, 0.2) is 33.9 Å². The highest BCUT2D eigenvalue weighted by Gasteiger charge is 2.21. The summed E-state index contributed by atoms with van der Waals surface area (Å²) in [4.78, 5) is 30.5. The molecule has 1 aromatic carbocycles. The molecule has 0 amide bonds. The Hall–Kier alpha value is -2.21. The van der Waals surface area contributed by atoms with E-state index in [-0.39, 0.29) is 11.4 Å². The molecule has 1 atom stereocenters. The molecule has 2 N–H and O–H groups in total. The van der Waals surface area contributed by atoms with Crippen LogP contribution in [0.5, 0.6) is 0 Å². The van der Waals surface area contributed by atoms with Gasteiger partial charge in [0.1, 0.15) is 5.82 Å². The number of aromatic amines is 2. The van der Waals surface area contributed by atoms with E-state index in [1.807, 2.05) is 12.1 Å². The van der Waals surface area contributed by atoms with Gasteiger partial charge in [-0.25, -0.2) is 9.18 Å². The zero-order chi connectivity index (χ0) is 17.8. The van der Waals surface area contributed by atoms with Crippen molar-refractivity contribution in [2.45, 2.75) is 39.2 Å². The van der Waals surface area contributed by atoms with Crippen LogP contribution < -0.4 is 11.2 Å². The standard InChI is InChI=1S/C19H24FN3O2/c1-13-16(18(24)22-19(25)21-13)12-23-10-4-5-14(11-23)8-9-15-6-2-3-7-17(15)20/h2-3,6-7,14H,4-5,8-12H2,1H3,(H2,21,22,24,25). The van der Waals surface area contributed by atoms with Crippen molar-refractivity contribution in [1.29, 1.82) is 0 Å². The SMILES string of the molecule is Cc1[nH]c(=O)[nH]c(=O)c1CN1CCCC(CCc2ccccc2F)C1. The van der Waals surface area contributed by atoms with Gasteiger partial charge >= 0.3 is 5.69 Å². The second kappa shape index (κ2) is 7.78. The Kier molecular flexibility index (Phi) is 5.48. The van der Waals surface area contributed by atoms with Crippen molar-refractivity contribution in [3.05, 3.63) is 67.7 Å². The zero-order valence-corrected chi connectivity index (χ0v) is 14.5. The van der Waals surface area contributed by atoms with Gasteiger partial charge < -0.3 is 4.98 Å². The van der Waals surface area contributed by atoms with Crippen molar-refractivity contribution < 1.29 is 4.39 Å². The topological polar surface area (TPSA) is 69.0 Å². The number of hydrogen-bond acceptors (Lipinski definition) is 3. The number of hydrogen-bond donors (Lipinski definition) is 2. The van der Waals surface area contributed by atoms with E-state index in [0.717, 1.165) is 44.3 Å².